The molecule has 214 valence electrons. The SMILES string of the molecule is O=C(NCc1ccc(CNc2cc(-c3ccccc3Cl)nc3c(Br)cnn23)cc1)NC(c1ccccc1)c1ccccc1. The highest BCUT2D eigenvalue weighted by atomic mass is 79.9. The topological polar surface area (TPSA) is 83.3 Å². The van der Waals surface area contributed by atoms with Gasteiger partial charge in [-0.1, -0.05) is 115 Å². The van der Waals surface area contributed by atoms with Crippen LogP contribution in [0.3, 0.4) is 0 Å². The minimum absolute atomic E-state index is 0.232. The largest absolute Gasteiger partial charge is 0.366 e. The molecule has 0 spiro atoms. The lowest BCUT2D eigenvalue weighted by molar-refractivity contribution is 0.238. The van der Waals surface area contributed by atoms with E-state index in [1.807, 2.05) is 115 Å². The number of fused-ring (bicyclic) bond motifs is 1. The molecule has 0 saturated heterocycles. The van der Waals surface area contributed by atoms with Crippen molar-refractivity contribution in [1.82, 2.24) is 25.2 Å². The summed E-state index contributed by atoms with van der Waals surface area (Å²) in [6, 6.07) is 37.2. The van der Waals surface area contributed by atoms with Crippen molar-refractivity contribution >= 4 is 45.0 Å². The number of hydrogen-bond acceptors (Lipinski definition) is 4. The Labute approximate surface area is 263 Å². The first-order valence-electron chi connectivity index (χ1n) is 13.8. The summed E-state index contributed by atoms with van der Waals surface area (Å²) in [5.41, 5.74) is 6.42. The molecule has 0 saturated carbocycles. The highest BCUT2D eigenvalue weighted by Crippen LogP contribution is 2.30. The predicted molar refractivity (Wildman–Crippen MR) is 175 cm³/mol. The molecule has 0 bridgehead atoms. The van der Waals surface area contributed by atoms with E-state index in [4.69, 9.17) is 16.6 Å². The second-order valence-electron chi connectivity index (χ2n) is 9.99. The number of halogens is 2. The fourth-order valence-electron chi connectivity index (χ4n) is 4.85. The Bertz CT molecular complexity index is 1810. The summed E-state index contributed by atoms with van der Waals surface area (Å²) in [5, 5.41) is 14.7. The van der Waals surface area contributed by atoms with Gasteiger partial charge in [0.15, 0.2) is 5.65 Å². The molecule has 43 heavy (non-hydrogen) atoms. The van der Waals surface area contributed by atoms with E-state index in [2.05, 4.69) is 37.0 Å². The molecule has 3 N–H and O–H groups in total. The first kappa shape index (κ1) is 28.5. The number of aromatic nitrogens is 3. The van der Waals surface area contributed by atoms with Crippen molar-refractivity contribution < 1.29 is 4.79 Å². The van der Waals surface area contributed by atoms with Gasteiger partial charge in [-0.3, -0.25) is 0 Å². The van der Waals surface area contributed by atoms with Crippen molar-refractivity contribution in [3.05, 3.63) is 153 Å². The number of benzene rings is 4. The number of nitrogens with one attached hydrogen (secondary N) is 3. The minimum Gasteiger partial charge on any atom is -0.366 e. The highest BCUT2D eigenvalue weighted by molar-refractivity contribution is 9.10. The molecule has 6 rings (SSSR count). The third kappa shape index (κ3) is 6.71. The smallest absolute Gasteiger partial charge is 0.315 e. The third-order valence-electron chi connectivity index (χ3n) is 7.07. The Hall–Kier alpha value is -4.66. The molecule has 0 aliphatic heterocycles. The molecule has 6 aromatic rings. The average molecular weight is 652 g/mol. The van der Waals surface area contributed by atoms with Crippen LogP contribution in [0.15, 0.2) is 126 Å². The van der Waals surface area contributed by atoms with Crippen LogP contribution in [-0.2, 0) is 13.1 Å². The summed E-state index contributed by atoms with van der Waals surface area (Å²) in [7, 11) is 0. The van der Waals surface area contributed by atoms with Crippen LogP contribution in [-0.4, -0.2) is 20.6 Å². The van der Waals surface area contributed by atoms with Crippen LogP contribution < -0.4 is 16.0 Å². The molecule has 2 aromatic heterocycles. The van der Waals surface area contributed by atoms with Crippen molar-refractivity contribution in [2.45, 2.75) is 19.1 Å². The van der Waals surface area contributed by atoms with E-state index in [1.54, 1.807) is 10.7 Å². The molecule has 4 aromatic carbocycles. The lowest BCUT2D eigenvalue weighted by Crippen LogP contribution is -2.38. The Kier molecular flexibility index (Phi) is 8.67. The van der Waals surface area contributed by atoms with Gasteiger partial charge in [-0.2, -0.15) is 9.61 Å². The summed E-state index contributed by atoms with van der Waals surface area (Å²) in [6.07, 6.45) is 1.73. The Balaban J connectivity index is 1.10. The van der Waals surface area contributed by atoms with Gasteiger partial charge in [0, 0.05) is 29.7 Å². The van der Waals surface area contributed by atoms with Gasteiger partial charge in [-0.25, -0.2) is 9.78 Å². The minimum atomic E-state index is -0.246. The number of amides is 2. The van der Waals surface area contributed by atoms with Crippen molar-refractivity contribution in [3.63, 3.8) is 0 Å². The lowest BCUT2D eigenvalue weighted by Gasteiger charge is -2.20. The number of urea groups is 1. The molecule has 0 atom stereocenters. The van der Waals surface area contributed by atoms with Crippen LogP contribution in [0.4, 0.5) is 10.6 Å². The first-order valence-corrected chi connectivity index (χ1v) is 15.0. The van der Waals surface area contributed by atoms with Gasteiger partial charge in [-0.05, 0) is 44.3 Å². The number of carbonyl (C=O) groups is 1. The van der Waals surface area contributed by atoms with Crippen molar-refractivity contribution in [2.24, 2.45) is 0 Å². The molecule has 0 unspecified atom stereocenters. The molecule has 0 aliphatic rings. The predicted octanol–water partition coefficient (Wildman–Crippen LogP) is 8.01. The maximum atomic E-state index is 12.9. The normalized spacial score (nSPS) is 11.0. The molecular weight excluding hydrogens is 624 g/mol. The van der Waals surface area contributed by atoms with Crippen LogP contribution in [0, 0.1) is 0 Å². The van der Waals surface area contributed by atoms with Gasteiger partial charge in [-0.15, -0.1) is 0 Å². The number of anilines is 1. The number of carbonyl (C=O) groups excluding carboxylic acids is 1. The average Bonchev–Trinajstić information content (AvgIpc) is 3.43. The second-order valence-corrected chi connectivity index (χ2v) is 11.2. The summed E-state index contributed by atoms with van der Waals surface area (Å²) >= 11 is 10.0. The van der Waals surface area contributed by atoms with E-state index in [0.717, 1.165) is 43.8 Å². The monoisotopic (exact) mass is 650 g/mol. The van der Waals surface area contributed by atoms with Gasteiger partial charge in [0.25, 0.3) is 0 Å². The summed E-state index contributed by atoms with van der Waals surface area (Å²) in [4.78, 5) is 17.7. The first-order chi connectivity index (χ1) is 21.0. The standard InChI is InChI=1S/C34H28BrClN6O/c35-28-22-39-42-31(19-30(40-33(28)42)27-13-7-8-14-29(27)36)37-20-23-15-17-24(18-16-23)21-38-34(43)41-32(25-9-3-1-4-10-25)26-11-5-2-6-12-26/h1-19,22,32,37H,20-21H2,(H2,38,41,43). The zero-order chi connectivity index (χ0) is 29.6. The van der Waals surface area contributed by atoms with E-state index in [1.165, 1.54) is 0 Å². The zero-order valence-electron chi connectivity index (χ0n) is 23.0. The fraction of sp³-hybridized carbons (Fsp3) is 0.0882. The molecular formula is C34H28BrClN6O. The molecule has 0 radical (unpaired) electrons. The van der Waals surface area contributed by atoms with E-state index >= 15 is 0 Å². The van der Waals surface area contributed by atoms with Gasteiger partial charge in [0.2, 0.25) is 0 Å². The molecule has 2 heterocycles. The molecule has 9 heteroatoms. The van der Waals surface area contributed by atoms with Crippen LogP contribution >= 0.6 is 27.5 Å². The summed E-state index contributed by atoms with van der Waals surface area (Å²) in [6.45, 7) is 0.978. The summed E-state index contributed by atoms with van der Waals surface area (Å²) < 4.78 is 2.56. The van der Waals surface area contributed by atoms with E-state index < -0.39 is 0 Å². The Morgan fingerprint density at radius 3 is 2.07 bits per heavy atom. The van der Waals surface area contributed by atoms with Crippen LogP contribution in [0.1, 0.15) is 28.3 Å². The maximum absolute atomic E-state index is 12.9. The van der Waals surface area contributed by atoms with Gasteiger partial charge in [0.05, 0.1) is 22.4 Å². The Morgan fingerprint density at radius 1 is 0.814 bits per heavy atom. The highest BCUT2D eigenvalue weighted by Gasteiger charge is 2.17. The number of rotatable bonds is 9. The zero-order valence-corrected chi connectivity index (χ0v) is 25.4. The second kappa shape index (κ2) is 13.1. The molecule has 2 amide bonds. The number of nitrogens with zero attached hydrogens (tertiary/aromatic N) is 3. The van der Waals surface area contributed by atoms with E-state index in [0.29, 0.717) is 23.8 Å². The summed E-state index contributed by atoms with van der Waals surface area (Å²) in [5.74, 6) is 0.791. The van der Waals surface area contributed by atoms with Gasteiger partial charge >= 0.3 is 6.03 Å². The van der Waals surface area contributed by atoms with E-state index in [-0.39, 0.29) is 12.1 Å². The molecule has 7 nitrogen and oxygen atoms in total. The number of hydrogen-bond donors (Lipinski definition) is 3. The van der Waals surface area contributed by atoms with Crippen LogP contribution in [0.25, 0.3) is 16.9 Å². The lowest BCUT2D eigenvalue weighted by atomic mass is 9.99. The fourth-order valence-corrected chi connectivity index (χ4v) is 5.43. The van der Waals surface area contributed by atoms with Gasteiger partial charge < -0.3 is 16.0 Å². The van der Waals surface area contributed by atoms with Crippen molar-refractivity contribution in [3.8, 4) is 11.3 Å². The van der Waals surface area contributed by atoms with Crippen molar-refractivity contribution in [1.29, 1.82) is 0 Å². The van der Waals surface area contributed by atoms with Crippen LogP contribution in [0.2, 0.25) is 5.02 Å². The molecule has 0 aliphatic carbocycles. The van der Waals surface area contributed by atoms with E-state index in [9.17, 15) is 4.79 Å². The molecule has 0 fully saturated rings. The quantitative estimate of drug-likeness (QED) is 0.148. The van der Waals surface area contributed by atoms with Gasteiger partial charge in [0.1, 0.15) is 5.82 Å². The van der Waals surface area contributed by atoms with Crippen LogP contribution in [0.5, 0.6) is 0 Å². The third-order valence-corrected chi connectivity index (χ3v) is 7.96. The van der Waals surface area contributed by atoms with Crippen molar-refractivity contribution in [2.75, 3.05) is 5.32 Å². The maximum Gasteiger partial charge on any atom is 0.315 e. The Morgan fingerprint density at radius 2 is 1.42 bits per heavy atom.